The van der Waals surface area contributed by atoms with Gasteiger partial charge in [-0.1, -0.05) is 15.9 Å². The lowest BCUT2D eigenvalue weighted by atomic mass is 10.0. The minimum atomic E-state index is -0.864. The molecule has 1 rings (SSSR count). The number of methoxy groups -OCH3 is 1. The molecule has 0 saturated heterocycles. The van der Waals surface area contributed by atoms with Crippen molar-refractivity contribution >= 4 is 15.9 Å². The number of aliphatic hydroxyl groups is 3. The molecule has 2 atom stereocenters. The molecule has 0 fully saturated rings. The summed E-state index contributed by atoms with van der Waals surface area (Å²) in [5.74, 6) is 0.0286. The van der Waals surface area contributed by atoms with Crippen LogP contribution in [0.4, 0.5) is 0 Å². The quantitative estimate of drug-likeness (QED) is 0.524. The van der Waals surface area contributed by atoms with Gasteiger partial charge < -0.3 is 25.2 Å². The van der Waals surface area contributed by atoms with Crippen molar-refractivity contribution in [1.82, 2.24) is 0 Å². The van der Waals surface area contributed by atoms with Crippen LogP contribution in [0.3, 0.4) is 0 Å². The fourth-order valence-corrected chi connectivity index (χ4v) is 2.30. The van der Waals surface area contributed by atoms with Gasteiger partial charge in [0, 0.05) is 30.0 Å². The third kappa shape index (κ3) is 6.32. The van der Waals surface area contributed by atoms with Crippen molar-refractivity contribution in [3.8, 4) is 5.75 Å². The minimum absolute atomic E-state index is 0.0286. The van der Waals surface area contributed by atoms with Gasteiger partial charge in [0.05, 0.1) is 25.4 Å². The van der Waals surface area contributed by atoms with Gasteiger partial charge >= 0.3 is 0 Å². The van der Waals surface area contributed by atoms with Crippen molar-refractivity contribution in [3.05, 3.63) is 45.6 Å². The summed E-state index contributed by atoms with van der Waals surface area (Å²) in [6, 6.07) is 4.85. The van der Waals surface area contributed by atoms with E-state index in [2.05, 4.69) is 21.7 Å². The molecule has 0 aliphatic rings. The third-order valence-corrected chi connectivity index (χ3v) is 3.50. The van der Waals surface area contributed by atoms with Crippen LogP contribution in [0.2, 0.25) is 0 Å². The second-order valence-corrected chi connectivity index (χ2v) is 5.80. The molecule has 22 heavy (non-hydrogen) atoms. The molecule has 0 aliphatic carbocycles. The molecular weight excluding hydrogens is 352 g/mol. The van der Waals surface area contributed by atoms with Crippen molar-refractivity contribution in [2.75, 3.05) is 20.3 Å². The Labute approximate surface area is 138 Å². The number of phenolic OH excluding ortho intramolecular Hbond substituents is 1. The van der Waals surface area contributed by atoms with E-state index in [1.54, 1.807) is 18.2 Å². The van der Waals surface area contributed by atoms with Crippen molar-refractivity contribution < 1.29 is 25.2 Å². The molecule has 0 unspecified atom stereocenters. The number of halogens is 1. The van der Waals surface area contributed by atoms with Crippen LogP contribution in [0.25, 0.3) is 0 Å². The Morgan fingerprint density at radius 2 is 2.14 bits per heavy atom. The van der Waals surface area contributed by atoms with Gasteiger partial charge in [0.2, 0.25) is 0 Å². The Hall–Kier alpha value is -1.14. The Morgan fingerprint density at radius 3 is 2.77 bits per heavy atom. The first-order valence-electron chi connectivity index (χ1n) is 6.85. The maximum Gasteiger partial charge on any atom is 0.121 e. The topological polar surface area (TPSA) is 90.2 Å². The first kappa shape index (κ1) is 18.9. The molecule has 0 saturated carbocycles. The summed E-state index contributed by atoms with van der Waals surface area (Å²) in [6.45, 7) is -0.0464. The number of hydrogen-bond acceptors (Lipinski definition) is 5. The second-order valence-electron chi connectivity index (χ2n) is 4.88. The van der Waals surface area contributed by atoms with Crippen LogP contribution in [-0.2, 0) is 4.74 Å². The molecule has 0 heterocycles. The smallest absolute Gasteiger partial charge is 0.121 e. The first-order chi connectivity index (χ1) is 10.5. The molecule has 0 radical (unpaired) electrons. The van der Waals surface area contributed by atoms with Crippen LogP contribution in [0.1, 0.15) is 24.5 Å². The summed E-state index contributed by atoms with van der Waals surface area (Å²) in [7, 11) is 1.53. The van der Waals surface area contributed by atoms with Gasteiger partial charge in [-0.3, -0.25) is 0 Å². The number of hydrogen-bond donors (Lipinski definition) is 4. The Morgan fingerprint density at radius 1 is 1.41 bits per heavy atom. The fraction of sp³-hybridized carbons (Fsp3) is 0.438. The molecule has 6 heteroatoms. The molecule has 0 aliphatic heterocycles. The van der Waals surface area contributed by atoms with Crippen molar-refractivity contribution in [1.29, 1.82) is 0 Å². The standard InChI is InChI=1S/C16H21BrO5/c1-22-10-11(7-13(19)9-18)3-2-4-15(20)14-8-12(17)5-6-16(14)21/h2,5-6,8,13,15,18-21H,4,7,9-10H2,1H3/t3?,13-,15-/m1/s1. The molecule has 122 valence electrons. The van der Waals surface area contributed by atoms with E-state index in [9.17, 15) is 15.3 Å². The largest absolute Gasteiger partial charge is 0.508 e. The predicted molar refractivity (Wildman–Crippen MR) is 86.6 cm³/mol. The van der Waals surface area contributed by atoms with Gasteiger partial charge in [0.1, 0.15) is 5.75 Å². The van der Waals surface area contributed by atoms with Gasteiger partial charge in [0.15, 0.2) is 0 Å². The lowest BCUT2D eigenvalue weighted by molar-refractivity contribution is 0.0914. The van der Waals surface area contributed by atoms with E-state index >= 15 is 0 Å². The molecule has 1 aromatic rings. The van der Waals surface area contributed by atoms with Crippen LogP contribution in [0, 0.1) is 0 Å². The van der Waals surface area contributed by atoms with Crippen LogP contribution in [0.15, 0.2) is 40.1 Å². The maximum atomic E-state index is 10.1. The summed E-state index contributed by atoms with van der Waals surface area (Å²) in [5.41, 5.74) is 4.08. The highest BCUT2D eigenvalue weighted by molar-refractivity contribution is 9.10. The summed E-state index contributed by atoms with van der Waals surface area (Å²) in [5, 5.41) is 38.2. The maximum absolute atomic E-state index is 10.1. The monoisotopic (exact) mass is 372 g/mol. The highest BCUT2D eigenvalue weighted by Crippen LogP contribution is 2.29. The minimum Gasteiger partial charge on any atom is -0.508 e. The Balaban J connectivity index is 2.79. The molecule has 0 amide bonds. The van der Waals surface area contributed by atoms with E-state index < -0.39 is 12.2 Å². The molecule has 0 aromatic heterocycles. The lowest BCUT2D eigenvalue weighted by Crippen LogP contribution is -2.14. The van der Waals surface area contributed by atoms with Gasteiger partial charge in [-0.2, -0.15) is 0 Å². The summed E-state index contributed by atoms with van der Waals surface area (Å²) < 4.78 is 5.77. The first-order valence-corrected chi connectivity index (χ1v) is 7.64. The van der Waals surface area contributed by atoms with E-state index in [-0.39, 0.29) is 31.8 Å². The molecule has 5 nitrogen and oxygen atoms in total. The van der Waals surface area contributed by atoms with Gasteiger partial charge in [-0.15, -0.1) is 5.73 Å². The predicted octanol–water partition coefficient (Wildman–Crippen LogP) is 2.05. The highest BCUT2D eigenvalue weighted by atomic mass is 79.9. The normalized spacial score (nSPS) is 13.3. The Bertz CT molecular complexity index is 537. The number of rotatable bonds is 8. The van der Waals surface area contributed by atoms with E-state index in [1.165, 1.54) is 13.2 Å². The zero-order valence-corrected chi connectivity index (χ0v) is 14.0. The van der Waals surface area contributed by atoms with Crippen LogP contribution in [0.5, 0.6) is 5.75 Å². The van der Waals surface area contributed by atoms with E-state index in [0.717, 1.165) is 4.47 Å². The van der Waals surface area contributed by atoms with Gasteiger partial charge in [0.25, 0.3) is 0 Å². The van der Waals surface area contributed by atoms with E-state index in [1.807, 2.05) is 0 Å². The average Bonchev–Trinajstić information content (AvgIpc) is 2.49. The van der Waals surface area contributed by atoms with Crippen LogP contribution < -0.4 is 0 Å². The molecule has 4 N–H and O–H groups in total. The molecular formula is C16H21BrO5. The van der Waals surface area contributed by atoms with Crippen molar-refractivity contribution in [2.45, 2.75) is 25.0 Å². The van der Waals surface area contributed by atoms with Gasteiger partial charge in [-0.25, -0.2) is 0 Å². The zero-order chi connectivity index (χ0) is 16.5. The number of aliphatic hydroxyl groups excluding tert-OH is 3. The zero-order valence-electron chi connectivity index (χ0n) is 12.4. The molecule has 0 spiro atoms. The lowest BCUT2D eigenvalue weighted by Gasteiger charge is -2.11. The van der Waals surface area contributed by atoms with Crippen molar-refractivity contribution in [3.63, 3.8) is 0 Å². The highest BCUT2D eigenvalue weighted by Gasteiger charge is 2.11. The number of benzene rings is 1. The number of aromatic hydroxyl groups is 1. The Kier molecular flexibility index (Phi) is 8.42. The summed E-state index contributed by atoms with van der Waals surface area (Å²) in [4.78, 5) is 0. The molecule has 0 bridgehead atoms. The second kappa shape index (κ2) is 9.79. The van der Waals surface area contributed by atoms with E-state index in [4.69, 9.17) is 9.84 Å². The van der Waals surface area contributed by atoms with Gasteiger partial charge in [-0.05, 0) is 29.8 Å². The SMILES string of the molecule is COCC(=C=CC[C@@H](O)c1cc(Br)ccc1O)C[C@@H](O)CO. The van der Waals surface area contributed by atoms with E-state index in [0.29, 0.717) is 11.1 Å². The fourth-order valence-electron chi connectivity index (χ4n) is 1.92. The summed E-state index contributed by atoms with van der Waals surface area (Å²) in [6.07, 6.45) is 0.413. The average molecular weight is 373 g/mol. The summed E-state index contributed by atoms with van der Waals surface area (Å²) >= 11 is 3.29. The number of ether oxygens (including phenoxy) is 1. The van der Waals surface area contributed by atoms with Crippen LogP contribution in [-0.4, -0.2) is 46.9 Å². The van der Waals surface area contributed by atoms with Crippen LogP contribution >= 0.6 is 15.9 Å². The third-order valence-electron chi connectivity index (χ3n) is 3.01. The number of phenols is 1. The molecule has 1 aromatic carbocycles. The van der Waals surface area contributed by atoms with Crippen molar-refractivity contribution in [2.24, 2.45) is 0 Å².